The van der Waals surface area contributed by atoms with E-state index in [1.54, 1.807) is 24.3 Å². The Balaban J connectivity index is 0. The predicted molar refractivity (Wildman–Crippen MR) is 54.6 cm³/mol. The Bertz CT molecular complexity index is 307. The molecule has 82 valence electrons. The van der Waals surface area contributed by atoms with E-state index >= 15 is 0 Å². The second kappa shape index (κ2) is 9.21. The van der Waals surface area contributed by atoms with E-state index in [4.69, 9.17) is 5.11 Å². The average Bonchev–Trinajstić information content (AvgIpc) is 2.82. The molecule has 0 spiro atoms. The minimum atomic E-state index is -0.866. The zero-order chi connectivity index (χ0) is 9.52. The van der Waals surface area contributed by atoms with Crippen molar-refractivity contribution in [2.45, 2.75) is 0 Å². The summed E-state index contributed by atoms with van der Waals surface area (Å²) in [6.45, 7) is 0. The van der Waals surface area contributed by atoms with Crippen LogP contribution in [0.3, 0.4) is 0 Å². The molecule has 2 aromatic rings. The van der Waals surface area contributed by atoms with Crippen molar-refractivity contribution in [2.24, 2.45) is 0 Å². The van der Waals surface area contributed by atoms with Gasteiger partial charge in [0.25, 0.3) is 5.97 Å². The van der Waals surface area contributed by atoms with Crippen LogP contribution in [0.2, 0.25) is 0 Å². The molecule has 0 aliphatic rings. The van der Waals surface area contributed by atoms with Gasteiger partial charge in [0.2, 0.25) is 0 Å². The Morgan fingerprint density at radius 1 is 1.13 bits per heavy atom. The summed E-state index contributed by atoms with van der Waals surface area (Å²) in [5, 5.41) is 8.27. The van der Waals surface area contributed by atoms with Gasteiger partial charge in [-0.2, -0.15) is 42.5 Å². The molecule has 4 heteroatoms. The maximum Gasteiger partial charge on any atom is 2.00 e. The van der Waals surface area contributed by atoms with Gasteiger partial charge in [0.15, 0.2) is 0 Å². The Labute approximate surface area is 98.9 Å². The van der Waals surface area contributed by atoms with Gasteiger partial charge in [-0.05, 0) is 0 Å². The van der Waals surface area contributed by atoms with Gasteiger partial charge in [-0.15, -0.1) is 0 Å². The van der Waals surface area contributed by atoms with E-state index in [9.17, 15) is 4.79 Å². The van der Waals surface area contributed by atoms with Gasteiger partial charge >= 0.3 is 17.1 Å². The number of hydrogen-bond donors (Lipinski definition) is 1. The molecule has 2 rings (SSSR count). The molecule has 3 N–H and O–H groups in total. The molecule has 0 aromatic heterocycles. The molecule has 0 saturated heterocycles. The molecule has 0 aliphatic heterocycles. The number of carbonyl (C=O) groups is 1. The van der Waals surface area contributed by atoms with Crippen molar-refractivity contribution in [2.75, 3.05) is 0 Å². The van der Waals surface area contributed by atoms with Crippen LogP contribution in [-0.2, 0) is 17.1 Å². The Morgan fingerprint density at radius 2 is 1.73 bits per heavy atom. The van der Waals surface area contributed by atoms with Crippen LogP contribution in [0.25, 0.3) is 0 Å². The van der Waals surface area contributed by atoms with Crippen molar-refractivity contribution < 1.29 is 32.4 Å². The Hall–Kier alpha value is -1.35. The molecule has 0 heterocycles. The number of aromatic carboxylic acids is 1. The molecule has 0 saturated carbocycles. The van der Waals surface area contributed by atoms with Crippen LogP contribution in [0.15, 0.2) is 54.6 Å². The van der Waals surface area contributed by atoms with Crippen LogP contribution in [0.5, 0.6) is 0 Å². The smallest absolute Gasteiger partial charge is 0.488 e. The fourth-order valence-electron chi connectivity index (χ4n) is 0.837. The quantitative estimate of drug-likeness (QED) is 0.616. The molecule has 3 nitrogen and oxygen atoms in total. The van der Waals surface area contributed by atoms with E-state index in [1.807, 2.05) is 30.3 Å². The fraction of sp³-hybridized carbons (Fsp3) is 0. The minimum Gasteiger partial charge on any atom is -0.488 e. The maximum absolute atomic E-state index is 10.1. The zero-order valence-electron chi connectivity index (χ0n) is 7.91. The van der Waals surface area contributed by atoms with Gasteiger partial charge < -0.3 is 10.6 Å². The molecule has 15 heavy (non-hydrogen) atoms. The molecular formula is C11H12FeO3. The average molecular weight is 248 g/mol. The van der Waals surface area contributed by atoms with Gasteiger partial charge in [0.05, 0.1) is 0 Å². The second-order valence-corrected chi connectivity index (χ2v) is 2.44. The first-order valence-electron chi connectivity index (χ1n) is 3.92. The summed E-state index contributed by atoms with van der Waals surface area (Å²) >= 11 is 0. The number of rotatable bonds is 1. The van der Waals surface area contributed by atoms with Crippen LogP contribution in [0.4, 0.5) is 0 Å². The monoisotopic (exact) mass is 248 g/mol. The van der Waals surface area contributed by atoms with E-state index in [0.29, 0.717) is 5.56 Å². The summed E-state index contributed by atoms with van der Waals surface area (Å²) in [4.78, 5) is 10.1. The summed E-state index contributed by atoms with van der Waals surface area (Å²) in [6.07, 6.45) is 0. The molecular weight excluding hydrogens is 236 g/mol. The normalized spacial score (nSPS) is 7.47. The summed E-state index contributed by atoms with van der Waals surface area (Å²) in [5.41, 5.74) is 0.352. The summed E-state index contributed by atoms with van der Waals surface area (Å²) in [6, 6.07) is 16.5. The van der Waals surface area contributed by atoms with E-state index in [2.05, 4.69) is 0 Å². The first-order valence-corrected chi connectivity index (χ1v) is 3.92. The van der Waals surface area contributed by atoms with E-state index in [1.165, 1.54) is 0 Å². The fourth-order valence-corrected chi connectivity index (χ4v) is 0.837. The van der Waals surface area contributed by atoms with E-state index < -0.39 is 5.97 Å². The molecule has 0 atom stereocenters. The van der Waals surface area contributed by atoms with Crippen LogP contribution in [0, 0.1) is 0 Å². The number of carboxylic acid groups (broad SMARTS) is 1. The molecule has 0 bridgehead atoms. The third kappa shape index (κ3) is 6.68. The van der Waals surface area contributed by atoms with Gasteiger partial charge in [0, 0.05) is 0 Å². The van der Waals surface area contributed by atoms with Crippen LogP contribution >= 0.6 is 0 Å². The second-order valence-electron chi connectivity index (χ2n) is 2.44. The third-order valence-electron chi connectivity index (χ3n) is 1.47. The van der Waals surface area contributed by atoms with Crippen molar-refractivity contribution in [3.05, 3.63) is 60.2 Å². The molecule has 0 unspecified atom stereocenters. The largest absolute Gasteiger partial charge is 2.00 e. The molecule has 0 fully saturated rings. The standard InChI is InChI=1S/C6H5O2.C5H5.Fe.H2O/c7-6(8)5-3-1-2-4-5;1-2-4-5-3-1;;/h1-4H,(H,7,8);1-5H;;1H2/q2*-1;+2;. The number of carboxylic acids is 1. The van der Waals surface area contributed by atoms with Crippen molar-refractivity contribution >= 4 is 5.97 Å². The van der Waals surface area contributed by atoms with Crippen LogP contribution in [0.1, 0.15) is 10.4 Å². The van der Waals surface area contributed by atoms with Crippen molar-refractivity contribution in [1.29, 1.82) is 0 Å². The number of hydrogen-bond acceptors (Lipinski definition) is 1. The first kappa shape index (κ1) is 16.1. The summed E-state index contributed by atoms with van der Waals surface area (Å²) < 4.78 is 0. The Kier molecular flexibility index (Phi) is 9.89. The van der Waals surface area contributed by atoms with Crippen LogP contribution in [-0.4, -0.2) is 16.6 Å². The van der Waals surface area contributed by atoms with Gasteiger partial charge in [-0.25, -0.2) is 12.1 Å². The molecule has 0 amide bonds. The topological polar surface area (TPSA) is 68.8 Å². The predicted octanol–water partition coefficient (Wildman–Crippen LogP) is 1.68. The van der Waals surface area contributed by atoms with Crippen molar-refractivity contribution in [1.82, 2.24) is 0 Å². The molecule has 0 radical (unpaired) electrons. The summed E-state index contributed by atoms with van der Waals surface area (Å²) in [5.74, 6) is -0.866. The molecule has 0 aliphatic carbocycles. The molecule has 2 aromatic carbocycles. The zero-order valence-corrected chi connectivity index (χ0v) is 9.01. The van der Waals surface area contributed by atoms with E-state index in [0.717, 1.165) is 0 Å². The van der Waals surface area contributed by atoms with Gasteiger partial charge in [-0.3, -0.25) is 4.79 Å². The van der Waals surface area contributed by atoms with Crippen LogP contribution < -0.4 is 0 Å². The Morgan fingerprint density at radius 3 is 1.93 bits per heavy atom. The van der Waals surface area contributed by atoms with Gasteiger partial charge in [-0.1, -0.05) is 5.56 Å². The van der Waals surface area contributed by atoms with Crippen molar-refractivity contribution in [3.8, 4) is 0 Å². The third-order valence-corrected chi connectivity index (χ3v) is 1.47. The SMILES string of the molecule is O.O=C(O)c1cc[cH-]c1.[Fe+2].c1cc[cH-]c1. The first-order chi connectivity index (χ1) is 6.30. The van der Waals surface area contributed by atoms with Crippen molar-refractivity contribution in [3.63, 3.8) is 0 Å². The minimum absolute atomic E-state index is 0. The maximum atomic E-state index is 10.1. The van der Waals surface area contributed by atoms with Gasteiger partial charge in [0.1, 0.15) is 0 Å². The summed E-state index contributed by atoms with van der Waals surface area (Å²) in [7, 11) is 0. The van der Waals surface area contributed by atoms with E-state index in [-0.39, 0.29) is 22.5 Å².